The lowest BCUT2D eigenvalue weighted by Crippen LogP contribution is -2.35. The predicted molar refractivity (Wildman–Crippen MR) is 94.5 cm³/mol. The minimum absolute atomic E-state index is 0.338. The summed E-state index contributed by atoms with van der Waals surface area (Å²) in [5.74, 6) is 2.54. The van der Waals surface area contributed by atoms with Crippen molar-refractivity contribution in [2.45, 2.75) is 49.8 Å². The number of pyridine rings is 1. The third-order valence-electron chi connectivity index (χ3n) is 5.97. The fourth-order valence-corrected chi connectivity index (χ4v) is 6.02. The first kappa shape index (κ1) is 16.3. The molecule has 3 fully saturated rings. The van der Waals surface area contributed by atoms with Crippen LogP contribution < -0.4 is 4.90 Å². The lowest BCUT2D eigenvalue weighted by Gasteiger charge is -2.26. The van der Waals surface area contributed by atoms with Gasteiger partial charge in [0.2, 0.25) is 10.0 Å². The van der Waals surface area contributed by atoms with Gasteiger partial charge in [-0.3, -0.25) is 0 Å². The van der Waals surface area contributed by atoms with Crippen LogP contribution in [0.25, 0.3) is 0 Å². The zero-order valence-corrected chi connectivity index (χ0v) is 15.0. The fraction of sp³-hybridized carbons (Fsp3) is 0.722. The van der Waals surface area contributed by atoms with E-state index >= 15 is 0 Å². The minimum atomic E-state index is -3.37. The van der Waals surface area contributed by atoms with E-state index in [0.29, 0.717) is 18.0 Å². The third-order valence-corrected chi connectivity index (χ3v) is 7.86. The highest BCUT2D eigenvalue weighted by atomic mass is 32.2. The van der Waals surface area contributed by atoms with E-state index in [1.807, 2.05) is 6.07 Å². The molecule has 6 heteroatoms. The van der Waals surface area contributed by atoms with Gasteiger partial charge >= 0.3 is 0 Å². The van der Waals surface area contributed by atoms with Crippen LogP contribution >= 0.6 is 0 Å². The second kappa shape index (κ2) is 6.64. The summed E-state index contributed by atoms with van der Waals surface area (Å²) in [6.45, 7) is 3.44. The van der Waals surface area contributed by atoms with Crippen LogP contribution in [0.5, 0.6) is 0 Å². The number of aromatic nitrogens is 1. The second-order valence-corrected chi connectivity index (χ2v) is 9.46. The number of piperidine rings is 1. The maximum absolute atomic E-state index is 12.7. The maximum atomic E-state index is 12.7. The minimum Gasteiger partial charge on any atom is -0.356 e. The van der Waals surface area contributed by atoms with Crippen LogP contribution in [0, 0.1) is 11.8 Å². The van der Waals surface area contributed by atoms with Crippen molar-refractivity contribution in [3.8, 4) is 0 Å². The van der Waals surface area contributed by atoms with Crippen molar-refractivity contribution >= 4 is 15.8 Å². The summed E-state index contributed by atoms with van der Waals surface area (Å²) in [7, 11) is -3.37. The summed E-state index contributed by atoms with van der Waals surface area (Å²) < 4.78 is 27.0. The number of anilines is 1. The average Bonchev–Trinajstić information content (AvgIpc) is 3.07. The molecule has 1 aromatic rings. The van der Waals surface area contributed by atoms with Crippen LogP contribution in [0.15, 0.2) is 23.2 Å². The van der Waals surface area contributed by atoms with Crippen LogP contribution in [-0.2, 0) is 10.0 Å². The van der Waals surface area contributed by atoms with Gasteiger partial charge in [0.25, 0.3) is 0 Å². The Bertz CT molecular complexity index is 654. The molecule has 3 aliphatic rings. The predicted octanol–water partition coefficient (Wildman–Crippen LogP) is 2.88. The summed E-state index contributed by atoms with van der Waals surface area (Å²) in [5.41, 5.74) is 0. The molecule has 2 unspecified atom stereocenters. The second-order valence-electron chi connectivity index (χ2n) is 7.53. The number of hydrogen-bond acceptors (Lipinski definition) is 4. The molecule has 0 spiro atoms. The first-order valence-electron chi connectivity index (χ1n) is 9.36. The van der Waals surface area contributed by atoms with Crippen molar-refractivity contribution < 1.29 is 8.42 Å². The third kappa shape index (κ3) is 3.06. The average molecular weight is 350 g/mol. The summed E-state index contributed by atoms with van der Waals surface area (Å²) in [5, 5.41) is 0. The summed E-state index contributed by atoms with van der Waals surface area (Å²) in [4.78, 5) is 7.18. The Kier molecular flexibility index (Phi) is 4.52. The van der Waals surface area contributed by atoms with E-state index in [1.54, 1.807) is 16.6 Å². The molecule has 5 nitrogen and oxygen atoms in total. The zero-order valence-electron chi connectivity index (χ0n) is 14.2. The zero-order chi connectivity index (χ0) is 16.6. The first-order chi connectivity index (χ1) is 11.6. The largest absolute Gasteiger partial charge is 0.356 e. The molecule has 4 rings (SSSR count). The normalized spacial score (nSPS) is 28.8. The number of hydrogen-bond donors (Lipinski definition) is 0. The molecular weight excluding hydrogens is 322 g/mol. The topological polar surface area (TPSA) is 53.5 Å². The Morgan fingerprint density at radius 2 is 1.58 bits per heavy atom. The van der Waals surface area contributed by atoms with E-state index in [-0.39, 0.29) is 0 Å². The van der Waals surface area contributed by atoms with Gasteiger partial charge in [-0.15, -0.1) is 0 Å². The van der Waals surface area contributed by atoms with Crippen LogP contribution in [-0.4, -0.2) is 43.9 Å². The van der Waals surface area contributed by atoms with Gasteiger partial charge in [0, 0.05) is 32.4 Å². The Labute approximate surface area is 145 Å². The monoisotopic (exact) mass is 349 g/mol. The lowest BCUT2D eigenvalue weighted by molar-refractivity contribution is 0.299. The van der Waals surface area contributed by atoms with Crippen LogP contribution in [0.3, 0.4) is 0 Å². The molecule has 2 aliphatic heterocycles. The molecule has 0 amide bonds. The fourth-order valence-electron chi connectivity index (χ4n) is 4.56. The number of rotatable bonds is 3. The summed E-state index contributed by atoms with van der Waals surface area (Å²) in [6.07, 6.45) is 9.99. The van der Waals surface area contributed by atoms with Gasteiger partial charge < -0.3 is 4.90 Å². The Hall–Kier alpha value is -1.14. The lowest BCUT2D eigenvalue weighted by atomic mass is 9.82. The standard InChI is InChI=1S/C18H27N3O2S/c22-24(23,21-10-4-1-5-11-21)17-8-9-18(19-12-17)20-13-15-6-2-3-7-16(15)14-20/h8-9,12,15-16H,1-7,10-11,13-14H2. The number of sulfonamides is 1. The molecule has 24 heavy (non-hydrogen) atoms. The van der Waals surface area contributed by atoms with Crippen molar-refractivity contribution in [3.05, 3.63) is 18.3 Å². The van der Waals surface area contributed by atoms with Gasteiger partial charge in [0.1, 0.15) is 10.7 Å². The Balaban J connectivity index is 1.48. The molecule has 2 atom stereocenters. The molecule has 1 aliphatic carbocycles. The quantitative estimate of drug-likeness (QED) is 0.842. The highest BCUT2D eigenvalue weighted by molar-refractivity contribution is 7.89. The molecular formula is C18H27N3O2S. The molecule has 0 aromatic carbocycles. The van der Waals surface area contributed by atoms with E-state index in [9.17, 15) is 8.42 Å². The van der Waals surface area contributed by atoms with Gasteiger partial charge in [0.15, 0.2) is 0 Å². The molecule has 0 N–H and O–H groups in total. The van der Waals surface area contributed by atoms with Gasteiger partial charge in [-0.25, -0.2) is 13.4 Å². The molecule has 1 aromatic heterocycles. The first-order valence-corrected chi connectivity index (χ1v) is 10.8. The van der Waals surface area contributed by atoms with Gasteiger partial charge in [-0.1, -0.05) is 19.3 Å². The van der Waals surface area contributed by atoms with E-state index in [0.717, 1.165) is 50.0 Å². The van der Waals surface area contributed by atoms with Crippen LogP contribution in [0.1, 0.15) is 44.9 Å². The van der Waals surface area contributed by atoms with Gasteiger partial charge in [-0.05, 0) is 49.7 Å². The molecule has 1 saturated carbocycles. The molecule has 132 valence electrons. The van der Waals surface area contributed by atoms with Crippen molar-refractivity contribution in [1.82, 2.24) is 9.29 Å². The van der Waals surface area contributed by atoms with E-state index in [2.05, 4.69) is 9.88 Å². The van der Waals surface area contributed by atoms with E-state index in [1.165, 1.54) is 25.7 Å². The van der Waals surface area contributed by atoms with Crippen LogP contribution in [0.2, 0.25) is 0 Å². The summed E-state index contributed by atoms with van der Waals surface area (Å²) in [6, 6.07) is 3.64. The molecule has 3 heterocycles. The van der Waals surface area contributed by atoms with Crippen molar-refractivity contribution in [2.75, 3.05) is 31.1 Å². The Morgan fingerprint density at radius 1 is 0.917 bits per heavy atom. The number of fused-ring (bicyclic) bond motifs is 1. The smallest absolute Gasteiger partial charge is 0.244 e. The van der Waals surface area contributed by atoms with Gasteiger partial charge in [0.05, 0.1) is 0 Å². The highest BCUT2D eigenvalue weighted by Crippen LogP contribution is 2.37. The van der Waals surface area contributed by atoms with E-state index < -0.39 is 10.0 Å². The SMILES string of the molecule is O=S(=O)(c1ccc(N2CC3CCCCC3C2)nc1)N1CCCCC1. The van der Waals surface area contributed by atoms with Gasteiger partial charge in [-0.2, -0.15) is 4.31 Å². The van der Waals surface area contributed by atoms with Crippen LogP contribution in [0.4, 0.5) is 5.82 Å². The van der Waals surface area contributed by atoms with Crippen molar-refractivity contribution in [2.24, 2.45) is 11.8 Å². The molecule has 0 bridgehead atoms. The maximum Gasteiger partial charge on any atom is 0.244 e. The molecule has 0 radical (unpaired) electrons. The molecule has 2 saturated heterocycles. The van der Waals surface area contributed by atoms with Crippen molar-refractivity contribution in [1.29, 1.82) is 0 Å². The Morgan fingerprint density at radius 3 is 2.17 bits per heavy atom. The highest BCUT2D eigenvalue weighted by Gasteiger charge is 2.35. The van der Waals surface area contributed by atoms with E-state index in [4.69, 9.17) is 0 Å². The number of nitrogens with zero attached hydrogens (tertiary/aromatic N) is 3. The van der Waals surface area contributed by atoms with Crippen molar-refractivity contribution in [3.63, 3.8) is 0 Å². The summed E-state index contributed by atoms with van der Waals surface area (Å²) >= 11 is 0.